The highest BCUT2D eigenvalue weighted by atomic mass is 35.5. The molecule has 90 valence electrons. The number of hydrogen-bond acceptors (Lipinski definition) is 3. The maximum absolute atomic E-state index is 11.8. The Morgan fingerprint density at radius 3 is 2.88 bits per heavy atom. The number of esters is 1. The van der Waals surface area contributed by atoms with Crippen molar-refractivity contribution in [3.05, 3.63) is 34.5 Å². The molecule has 1 aromatic carbocycles. The van der Waals surface area contributed by atoms with Crippen molar-refractivity contribution in [2.75, 3.05) is 7.11 Å². The smallest absolute Gasteiger partial charge is 0.342 e. The third-order valence-corrected chi connectivity index (χ3v) is 2.82. The van der Waals surface area contributed by atoms with Crippen LogP contribution in [0.25, 0.3) is 11.0 Å². The topological polar surface area (TPSA) is 39.4 Å². The van der Waals surface area contributed by atoms with E-state index in [1.165, 1.54) is 7.11 Å². The van der Waals surface area contributed by atoms with Gasteiger partial charge in [-0.2, -0.15) is 0 Å². The van der Waals surface area contributed by atoms with Crippen molar-refractivity contribution in [2.24, 2.45) is 0 Å². The van der Waals surface area contributed by atoms with E-state index in [0.29, 0.717) is 33.7 Å². The molecule has 0 radical (unpaired) electrons. The van der Waals surface area contributed by atoms with Gasteiger partial charge in [0.2, 0.25) is 0 Å². The predicted octanol–water partition coefficient (Wildman–Crippen LogP) is 3.83. The molecular formula is C13H13ClO3. The average molecular weight is 253 g/mol. The van der Waals surface area contributed by atoms with E-state index in [1.807, 2.05) is 6.92 Å². The number of fused-ring (bicyclic) bond motifs is 1. The quantitative estimate of drug-likeness (QED) is 0.780. The lowest BCUT2D eigenvalue weighted by molar-refractivity contribution is 0.0600. The Bertz CT molecular complexity index is 557. The van der Waals surface area contributed by atoms with E-state index in [0.717, 1.165) is 6.42 Å². The summed E-state index contributed by atoms with van der Waals surface area (Å²) in [7, 11) is 1.36. The lowest BCUT2D eigenvalue weighted by Gasteiger charge is -1.99. The van der Waals surface area contributed by atoms with Crippen molar-refractivity contribution in [1.29, 1.82) is 0 Å². The van der Waals surface area contributed by atoms with Crippen LogP contribution in [0.1, 0.15) is 29.5 Å². The number of carbonyl (C=O) groups excluding carboxylic acids is 1. The highest BCUT2D eigenvalue weighted by Gasteiger charge is 2.20. The number of benzene rings is 1. The molecule has 0 N–H and O–H groups in total. The first kappa shape index (κ1) is 12.0. The number of hydrogen-bond donors (Lipinski definition) is 0. The second kappa shape index (κ2) is 4.80. The van der Waals surface area contributed by atoms with Gasteiger partial charge in [-0.3, -0.25) is 0 Å². The van der Waals surface area contributed by atoms with Crippen molar-refractivity contribution in [2.45, 2.75) is 19.8 Å². The van der Waals surface area contributed by atoms with Crippen molar-refractivity contribution in [3.63, 3.8) is 0 Å². The second-order valence-electron chi connectivity index (χ2n) is 3.78. The first-order valence-electron chi connectivity index (χ1n) is 5.46. The molecule has 0 fully saturated rings. The SMILES string of the molecule is CCCc1oc2ccc(Cl)cc2c1C(=O)OC. The van der Waals surface area contributed by atoms with Crippen molar-refractivity contribution in [3.8, 4) is 0 Å². The van der Waals surface area contributed by atoms with Gasteiger partial charge in [-0.25, -0.2) is 4.79 Å². The summed E-state index contributed by atoms with van der Waals surface area (Å²) < 4.78 is 10.4. The van der Waals surface area contributed by atoms with E-state index in [1.54, 1.807) is 18.2 Å². The molecule has 1 aromatic heterocycles. The van der Waals surface area contributed by atoms with Crippen LogP contribution in [0.4, 0.5) is 0 Å². The summed E-state index contributed by atoms with van der Waals surface area (Å²) in [6, 6.07) is 5.24. The number of halogens is 1. The molecular weight excluding hydrogens is 240 g/mol. The second-order valence-corrected chi connectivity index (χ2v) is 4.22. The molecule has 4 heteroatoms. The molecule has 0 aliphatic rings. The monoisotopic (exact) mass is 252 g/mol. The number of methoxy groups -OCH3 is 1. The van der Waals surface area contributed by atoms with Gasteiger partial charge in [0.15, 0.2) is 0 Å². The van der Waals surface area contributed by atoms with Gasteiger partial charge in [0, 0.05) is 16.8 Å². The van der Waals surface area contributed by atoms with Crippen molar-refractivity contribution >= 4 is 28.5 Å². The maximum Gasteiger partial charge on any atom is 0.342 e. The minimum atomic E-state index is -0.380. The number of carbonyl (C=O) groups is 1. The van der Waals surface area contributed by atoms with E-state index < -0.39 is 0 Å². The summed E-state index contributed by atoms with van der Waals surface area (Å²) in [6.07, 6.45) is 1.61. The lowest BCUT2D eigenvalue weighted by Crippen LogP contribution is -2.03. The first-order chi connectivity index (χ1) is 8.17. The summed E-state index contributed by atoms with van der Waals surface area (Å²) in [6.45, 7) is 2.03. The Kier molecular flexibility index (Phi) is 3.38. The molecule has 0 saturated heterocycles. The molecule has 0 aliphatic carbocycles. The molecule has 0 aliphatic heterocycles. The predicted molar refractivity (Wildman–Crippen MR) is 66.6 cm³/mol. The van der Waals surface area contributed by atoms with Gasteiger partial charge >= 0.3 is 5.97 Å². The zero-order valence-corrected chi connectivity index (χ0v) is 10.5. The Hall–Kier alpha value is -1.48. The average Bonchev–Trinajstić information content (AvgIpc) is 2.66. The normalized spacial score (nSPS) is 10.8. The van der Waals surface area contributed by atoms with Crippen LogP contribution >= 0.6 is 11.6 Å². The van der Waals surface area contributed by atoms with Crippen LogP contribution < -0.4 is 0 Å². The summed E-state index contributed by atoms with van der Waals surface area (Å²) in [5.74, 6) is 0.283. The van der Waals surface area contributed by atoms with Crippen LogP contribution in [0.3, 0.4) is 0 Å². The molecule has 2 rings (SSSR count). The minimum Gasteiger partial charge on any atom is -0.465 e. The molecule has 0 saturated carbocycles. The lowest BCUT2D eigenvalue weighted by atomic mass is 10.1. The minimum absolute atomic E-state index is 0.380. The third kappa shape index (κ3) is 2.15. The summed E-state index contributed by atoms with van der Waals surface area (Å²) in [4.78, 5) is 11.8. The number of rotatable bonds is 3. The molecule has 2 aromatic rings. The van der Waals surface area contributed by atoms with Gasteiger partial charge < -0.3 is 9.15 Å². The van der Waals surface area contributed by atoms with Crippen LogP contribution in [0, 0.1) is 0 Å². The largest absolute Gasteiger partial charge is 0.465 e. The molecule has 17 heavy (non-hydrogen) atoms. The Morgan fingerprint density at radius 2 is 2.24 bits per heavy atom. The van der Waals surface area contributed by atoms with Crippen molar-refractivity contribution < 1.29 is 13.9 Å². The Balaban J connectivity index is 2.68. The summed E-state index contributed by atoms with van der Waals surface area (Å²) >= 11 is 5.93. The van der Waals surface area contributed by atoms with E-state index in [-0.39, 0.29) is 5.97 Å². The molecule has 0 unspecified atom stereocenters. The van der Waals surface area contributed by atoms with Crippen LogP contribution in [0.5, 0.6) is 0 Å². The van der Waals surface area contributed by atoms with E-state index in [2.05, 4.69) is 0 Å². The van der Waals surface area contributed by atoms with Crippen LogP contribution in [-0.4, -0.2) is 13.1 Å². The summed E-state index contributed by atoms with van der Waals surface area (Å²) in [5, 5.41) is 1.29. The fraction of sp³-hybridized carbons (Fsp3) is 0.308. The zero-order valence-electron chi connectivity index (χ0n) is 9.75. The highest BCUT2D eigenvalue weighted by Crippen LogP contribution is 2.29. The number of ether oxygens (including phenoxy) is 1. The first-order valence-corrected chi connectivity index (χ1v) is 5.84. The Morgan fingerprint density at radius 1 is 1.47 bits per heavy atom. The van der Waals surface area contributed by atoms with Gasteiger partial charge in [0.05, 0.1) is 7.11 Å². The molecule has 1 heterocycles. The molecule has 0 amide bonds. The standard InChI is InChI=1S/C13H13ClO3/c1-3-4-11-12(13(15)16-2)9-7-8(14)5-6-10(9)17-11/h5-7H,3-4H2,1-2H3. The molecule has 3 nitrogen and oxygen atoms in total. The number of aryl methyl sites for hydroxylation is 1. The summed E-state index contributed by atoms with van der Waals surface area (Å²) in [5.41, 5.74) is 1.16. The van der Waals surface area contributed by atoms with Gasteiger partial charge in [0.1, 0.15) is 16.9 Å². The molecule has 0 spiro atoms. The van der Waals surface area contributed by atoms with Gasteiger partial charge in [-0.1, -0.05) is 18.5 Å². The fourth-order valence-corrected chi connectivity index (χ4v) is 2.02. The van der Waals surface area contributed by atoms with Crippen molar-refractivity contribution in [1.82, 2.24) is 0 Å². The zero-order chi connectivity index (χ0) is 12.4. The maximum atomic E-state index is 11.8. The van der Waals surface area contributed by atoms with Gasteiger partial charge in [-0.05, 0) is 24.6 Å². The Labute approximate surface area is 104 Å². The third-order valence-electron chi connectivity index (χ3n) is 2.59. The van der Waals surface area contributed by atoms with E-state index >= 15 is 0 Å². The van der Waals surface area contributed by atoms with Crippen LogP contribution in [-0.2, 0) is 11.2 Å². The fourth-order valence-electron chi connectivity index (χ4n) is 1.85. The molecule has 0 bridgehead atoms. The van der Waals surface area contributed by atoms with E-state index in [4.69, 9.17) is 20.8 Å². The highest BCUT2D eigenvalue weighted by molar-refractivity contribution is 6.31. The molecule has 0 atom stereocenters. The van der Waals surface area contributed by atoms with Gasteiger partial charge in [-0.15, -0.1) is 0 Å². The van der Waals surface area contributed by atoms with Crippen LogP contribution in [0.15, 0.2) is 22.6 Å². The number of furan rings is 1. The van der Waals surface area contributed by atoms with Gasteiger partial charge in [0.25, 0.3) is 0 Å². The van der Waals surface area contributed by atoms with Crippen LogP contribution in [0.2, 0.25) is 5.02 Å². The van der Waals surface area contributed by atoms with E-state index in [9.17, 15) is 4.79 Å².